The van der Waals surface area contributed by atoms with E-state index in [1.54, 1.807) is 0 Å². The van der Waals surface area contributed by atoms with Crippen molar-refractivity contribution in [2.75, 3.05) is 6.54 Å². The molecule has 2 heterocycles. The van der Waals surface area contributed by atoms with Crippen LogP contribution in [-0.4, -0.2) is 23.5 Å². The number of hydrogen-bond donors (Lipinski definition) is 3. The first-order valence-corrected chi connectivity index (χ1v) is 7.68. The molecule has 3 rings (SSSR count). The number of pyridine rings is 1. The van der Waals surface area contributed by atoms with Gasteiger partial charge in [0.05, 0.1) is 0 Å². The Hall–Kier alpha value is -1.67. The molecule has 0 bridgehead atoms. The molecule has 1 saturated carbocycles. The van der Waals surface area contributed by atoms with Crippen LogP contribution >= 0.6 is 0 Å². The van der Waals surface area contributed by atoms with Crippen molar-refractivity contribution < 1.29 is 18.0 Å². The van der Waals surface area contributed by atoms with E-state index in [4.69, 9.17) is 5.73 Å². The highest BCUT2D eigenvalue weighted by Gasteiger charge is 2.42. The van der Waals surface area contributed by atoms with Gasteiger partial charge in [-0.3, -0.25) is 15.2 Å². The summed E-state index contributed by atoms with van der Waals surface area (Å²) in [6.45, 7) is 0.402. The average molecular weight is 328 g/mol. The molecule has 0 radical (unpaired) electrons. The van der Waals surface area contributed by atoms with Crippen molar-refractivity contribution in [3.05, 3.63) is 29.6 Å². The molecular formula is C15H19F3N4O. The molecule has 5 nitrogen and oxygen atoms in total. The minimum atomic E-state index is -4.42. The molecule has 1 amide bonds. The Bertz CT molecular complexity index is 575. The molecule has 4 atom stereocenters. The minimum Gasteiger partial charge on any atom is -0.329 e. The van der Waals surface area contributed by atoms with Gasteiger partial charge in [0.15, 0.2) is 0 Å². The smallest absolute Gasteiger partial charge is 0.329 e. The van der Waals surface area contributed by atoms with Crippen molar-refractivity contribution in [2.45, 2.75) is 37.4 Å². The number of fused-ring (bicyclic) bond motifs is 1. The van der Waals surface area contributed by atoms with Crippen LogP contribution in [-0.2, 0) is 11.0 Å². The van der Waals surface area contributed by atoms with Crippen LogP contribution in [0.15, 0.2) is 18.3 Å². The van der Waals surface area contributed by atoms with E-state index in [9.17, 15) is 18.0 Å². The summed E-state index contributed by atoms with van der Waals surface area (Å²) in [6, 6.07) is 2.50. The first-order chi connectivity index (χ1) is 10.9. The fraction of sp³-hybridized carbons (Fsp3) is 0.600. The van der Waals surface area contributed by atoms with E-state index >= 15 is 0 Å². The number of hydrazine groups is 1. The second-order valence-electron chi connectivity index (χ2n) is 6.23. The Morgan fingerprint density at radius 2 is 2.09 bits per heavy atom. The molecule has 23 heavy (non-hydrogen) atoms. The third kappa shape index (κ3) is 3.18. The van der Waals surface area contributed by atoms with E-state index in [-0.39, 0.29) is 29.7 Å². The summed E-state index contributed by atoms with van der Waals surface area (Å²) in [6.07, 6.45) is -0.924. The third-order valence-corrected chi connectivity index (χ3v) is 4.94. The molecule has 1 aromatic heterocycles. The number of aromatic nitrogens is 1. The van der Waals surface area contributed by atoms with Crippen LogP contribution in [0.1, 0.15) is 36.4 Å². The number of nitrogens with zero attached hydrogens (tertiary/aromatic N) is 1. The molecule has 8 heteroatoms. The summed E-state index contributed by atoms with van der Waals surface area (Å²) in [5.74, 6) is 0.0923. The van der Waals surface area contributed by atoms with Crippen molar-refractivity contribution in [1.82, 2.24) is 15.8 Å². The highest BCUT2D eigenvalue weighted by Crippen LogP contribution is 2.42. The van der Waals surface area contributed by atoms with Gasteiger partial charge < -0.3 is 5.73 Å². The SMILES string of the molecule is NCC1NNC(=O)C2CCC(c3ccc(C(F)(F)F)nc3)CC12. The van der Waals surface area contributed by atoms with Gasteiger partial charge in [0, 0.05) is 24.7 Å². The zero-order valence-electron chi connectivity index (χ0n) is 12.4. The standard InChI is InChI=1S/C15H19F3N4O/c16-15(17,18)13-4-2-9(7-20-13)8-1-3-10-11(5-8)12(6-19)21-22-14(10)23/h2,4,7-8,10-12,21H,1,3,5-6,19H2,(H,22,23). The summed E-state index contributed by atoms with van der Waals surface area (Å²) in [5.41, 5.74) is 11.2. The van der Waals surface area contributed by atoms with Gasteiger partial charge in [-0.1, -0.05) is 6.07 Å². The van der Waals surface area contributed by atoms with Crippen molar-refractivity contribution in [1.29, 1.82) is 0 Å². The van der Waals surface area contributed by atoms with Gasteiger partial charge in [-0.25, -0.2) is 5.43 Å². The first-order valence-electron chi connectivity index (χ1n) is 7.68. The Morgan fingerprint density at radius 1 is 1.30 bits per heavy atom. The fourth-order valence-corrected chi connectivity index (χ4v) is 3.69. The van der Waals surface area contributed by atoms with Crippen LogP contribution in [0.3, 0.4) is 0 Å². The Labute approximate surface area is 131 Å². The van der Waals surface area contributed by atoms with Gasteiger partial charge in [0.2, 0.25) is 5.91 Å². The largest absolute Gasteiger partial charge is 0.433 e. The summed E-state index contributed by atoms with van der Waals surface area (Å²) in [5, 5.41) is 0. The summed E-state index contributed by atoms with van der Waals surface area (Å²) >= 11 is 0. The van der Waals surface area contributed by atoms with Crippen LogP contribution in [0.2, 0.25) is 0 Å². The van der Waals surface area contributed by atoms with Crippen LogP contribution < -0.4 is 16.6 Å². The lowest BCUT2D eigenvalue weighted by Gasteiger charge is -2.43. The number of halogens is 3. The number of hydrogen-bond acceptors (Lipinski definition) is 4. The molecule has 126 valence electrons. The minimum absolute atomic E-state index is 0.0112. The van der Waals surface area contributed by atoms with E-state index in [0.717, 1.165) is 24.5 Å². The zero-order valence-corrected chi connectivity index (χ0v) is 12.4. The normalized spacial score (nSPS) is 31.4. The quantitative estimate of drug-likeness (QED) is 0.770. The molecule has 1 aliphatic carbocycles. The lowest BCUT2D eigenvalue weighted by molar-refractivity contribution is -0.141. The second kappa shape index (κ2) is 6.09. The maximum atomic E-state index is 12.6. The number of nitrogens with two attached hydrogens (primary N) is 1. The van der Waals surface area contributed by atoms with E-state index in [1.165, 1.54) is 12.3 Å². The Kier molecular flexibility index (Phi) is 4.29. The summed E-state index contributed by atoms with van der Waals surface area (Å²) in [4.78, 5) is 15.5. The van der Waals surface area contributed by atoms with E-state index < -0.39 is 11.9 Å². The van der Waals surface area contributed by atoms with Crippen LogP contribution in [0, 0.1) is 11.8 Å². The Balaban J connectivity index is 1.76. The molecule has 0 spiro atoms. The topological polar surface area (TPSA) is 80.0 Å². The molecule has 2 aliphatic rings. The van der Waals surface area contributed by atoms with E-state index in [2.05, 4.69) is 15.8 Å². The van der Waals surface area contributed by atoms with Crippen LogP contribution in [0.4, 0.5) is 13.2 Å². The number of carbonyl (C=O) groups is 1. The molecule has 4 unspecified atom stereocenters. The predicted octanol–water partition coefficient (Wildman–Crippen LogP) is 1.56. The van der Waals surface area contributed by atoms with Crippen molar-refractivity contribution in [3.63, 3.8) is 0 Å². The lowest BCUT2D eigenvalue weighted by Crippen LogP contribution is -2.62. The Morgan fingerprint density at radius 3 is 2.70 bits per heavy atom. The number of alkyl halides is 3. The molecule has 1 aromatic rings. The zero-order chi connectivity index (χ0) is 16.6. The molecule has 2 fully saturated rings. The summed E-state index contributed by atoms with van der Waals surface area (Å²) < 4.78 is 37.8. The molecular weight excluding hydrogens is 309 g/mol. The number of amides is 1. The molecule has 1 saturated heterocycles. The van der Waals surface area contributed by atoms with Gasteiger partial charge in [-0.15, -0.1) is 0 Å². The number of nitrogens with one attached hydrogen (secondary N) is 2. The number of carbonyl (C=O) groups excluding carboxylic acids is 1. The van der Waals surface area contributed by atoms with Crippen LogP contribution in [0.5, 0.6) is 0 Å². The van der Waals surface area contributed by atoms with Crippen molar-refractivity contribution in [2.24, 2.45) is 17.6 Å². The van der Waals surface area contributed by atoms with Gasteiger partial charge in [-0.2, -0.15) is 13.2 Å². The third-order valence-electron chi connectivity index (χ3n) is 4.94. The van der Waals surface area contributed by atoms with Crippen molar-refractivity contribution in [3.8, 4) is 0 Å². The van der Waals surface area contributed by atoms with Crippen LogP contribution in [0.25, 0.3) is 0 Å². The highest BCUT2D eigenvalue weighted by atomic mass is 19.4. The number of rotatable bonds is 2. The van der Waals surface area contributed by atoms with Crippen molar-refractivity contribution >= 4 is 5.91 Å². The lowest BCUT2D eigenvalue weighted by atomic mass is 9.68. The second-order valence-corrected chi connectivity index (χ2v) is 6.23. The summed E-state index contributed by atoms with van der Waals surface area (Å²) in [7, 11) is 0. The van der Waals surface area contributed by atoms with Gasteiger partial charge in [0.1, 0.15) is 5.69 Å². The van der Waals surface area contributed by atoms with Gasteiger partial charge in [0.25, 0.3) is 0 Å². The first kappa shape index (κ1) is 16.2. The maximum Gasteiger partial charge on any atom is 0.433 e. The van der Waals surface area contributed by atoms with Gasteiger partial charge >= 0.3 is 6.18 Å². The molecule has 1 aliphatic heterocycles. The molecule has 4 N–H and O–H groups in total. The highest BCUT2D eigenvalue weighted by molar-refractivity contribution is 5.79. The monoisotopic (exact) mass is 328 g/mol. The maximum absolute atomic E-state index is 12.6. The average Bonchev–Trinajstić information content (AvgIpc) is 2.54. The molecule has 0 aromatic carbocycles. The fourth-order valence-electron chi connectivity index (χ4n) is 3.69. The van der Waals surface area contributed by atoms with E-state index in [1.807, 2.05) is 0 Å². The van der Waals surface area contributed by atoms with E-state index in [0.29, 0.717) is 13.0 Å². The van der Waals surface area contributed by atoms with Gasteiger partial charge in [-0.05, 0) is 42.7 Å². The predicted molar refractivity (Wildman–Crippen MR) is 76.9 cm³/mol.